The second-order valence-electron chi connectivity index (χ2n) is 8.53. The number of thioether (sulfide) groups is 1. The fourth-order valence-electron chi connectivity index (χ4n) is 3.62. The number of hydrogen-bond acceptors (Lipinski definition) is 6. The number of ether oxygens (including phenoxy) is 1. The molecule has 0 aromatic heterocycles. The van der Waals surface area contributed by atoms with Crippen LogP contribution in [-0.4, -0.2) is 33.5 Å². The molecule has 0 spiro atoms. The fourth-order valence-corrected chi connectivity index (χ4v) is 4.88. The zero-order valence-corrected chi connectivity index (χ0v) is 22.7. The van der Waals surface area contributed by atoms with Gasteiger partial charge in [-0.3, -0.25) is 30.1 Å². The van der Waals surface area contributed by atoms with Crippen molar-refractivity contribution in [2.24, 2.45) is 0 Å². The molecule has 39 heavy (non-hydrogen) atoms. The minimum absolute atomic E-state index is 0.122. The van der Waals surface area contributed by atoms with E-state index in [1.165, 1.54) is 16.7 Å². The van der Waals surface area contributed by atoms with Crippen LogP contribution in [0.3, 0.4) is 0 Å². The Morgan fingerprint density at radius 1 is 0.923 bits per heavy atom. The number of nitrogens with one attached hydrogen (secondary N) is 2. The first-order valence-corrected chi connectivity index (χ1v) is 13.5. The van der Waals surface area contributed by atoms with Gasteiger partial charge in [0.05, 0.1) is 4.91 Å². The Morgan fingerprint density at radius 2 is 1.62 bits per heavy atom. The van der Waals surface area contributed by atoms with E-state index < -0.39 is 5.91 Å². The highest BCUT2D eigenvalue weighted by atomic mass is 32.2. The maximum atomic E-state index is 12.7. The van der Waals surface area contributed by atoms with E-state index in [0.29, 0.717) is 40.1 Å². The zero-order chi connectivity index (χ0) is 27.5. The Labute approximate surface area is 236 Å². The third kappa shape index (κ3) is 8.39. The summed E-state index contributed by atoms with van der Waals surface area (Å²) in [5.74, 6) is -0.341. The molecule has 3 aromatic carbocycles. The average Bonchev–Trinajstić information content (AvgIpc) is 3.23. The topological polar surface area (TPSA) is 87.7 Å². The predicted molar refractivity (Wildman–Crippen MR) is 158 cm³/mol. The molecule has 4 rings (SSSR count). The van der Waals surface area contributed by atoms with Gasteiger partial charge in [-0.05, 0) is 47.9 Å². The highest BCUT2D eigenvalue weighted by molar-refractivity contribution is 8.26. The van der Waals surface area contributed by atoms with Crippen molar-refractivity contribution in [2.75, 3.05) is 6.54 Å². The van der Waals surface area contributed by atoms with Gasteiger partial charge in [-0.25, -0.2) is 0 Å². The van der Waals surface area contributed by atoms with Crippen molar-refractivity contribution in [1.82, 2.24) is 15.8 Å². The SMILES string of the molecule is O=C(CCCN1C(=O)C(=CC=Cc2ccccc2)SC1=S)NNC(=O)c1ccc(OCc2ccccc2)cc1. The average molecular weight is 558 g/mol. The number of benzene rings is 3. The summed E-state index contributed by atoms with van der Waals surface area (Å²) in [7, 11) is 0. The molecule has 1 saturated heterocycles. The van der Waals surface area contributed by atoms with Gasteiger partial charge in [0.25, 0.3) is 11.8 Å². The molecule has 0 radical (unpaired) electrons. The first-order chi connectivity index (χ1) is 19.0. The molecule has 3 aromatic rings. The predicted octanol–water partition coefficient (Wildman–Crippen LogP) is 5.26. The Balaban J connectivity index is 1.16. The lowest BCUT2D eigenvalue weighted by molar-refractivity contribution is -0.124. The monoisotopic (exact) mass is 557 g/mol. The number of rotatable bonds is 10. The molecular formula is C30H27N3O4S2. The number of carbonyl (C=O) groups excluding carboxylic acids is 3. The Hall–Kier alpha value is -4.21. The van der Waals surface area contributed by atoms with Crippen LogP contribution < -0.4 is 15.6 Å². The van der Waals surface area contributed by atoms with Gasteiger partial charge in [0, 0.05) is 18.5 Å². The molecule has 1 aliphatic heterocycles. The lowest BCUT2D eigenvalue weighted by atomic mass is 10.2. The first kappa shape index (κ1) is 27.8. The van der Waals surface area contributed by atoms with Gasteiger partial charge >= 0.3 is 0 Å². The van der Waals surface area contributed by atoms with Crippen LogP contribution in [0.2, 0.25) is 0 Å². The summed E-state index contributed by atoms with van der Waals surface area (Å²) >= 11 is 6.59. The quantitative estimate of drug-likeness (QED) is 0.201. The maximum absolute atomic E-state index is 12.7. The van der Waals surface area contributed by atoms with Crippen molar-refractivity contribution < 1.29 is 19.1 Å². The number of hydrogen-bond donors (Lipinski definition) is 2. The van der Waals surface area contributed by atoms with E-state index in [2.05, 4.69) is 10.9 Å². The molecule has 7 nitrogen and oxygen atoms in total. The summed E-state index contributed by atoms with van der Waals surface area (Å²) in [6, 6.07) is 26.2. The summed E-state index contributed by atoms with van der Waals surface area (Å²) in [5, 5.41) is 0. The number of hydrazine groups is 1. The maximum Gasteiger partial charge on any atom is 0.269 e. The van der Waals surface area contributed by atoms with Crippen molar-refractivity contribution in [3.63, 3.8) is 0 Å². The van der Waals surface area contributed by atoms with Crippen LogP contribution >= 0.6 is 24.0 Å². The van der Waals surface area contributed by atoms with Gasteiger partial charge < -0.3 is 4.74 Å². The Morgan fingerprint density at radius 3 is 2.33 bits per heavy atom. The fraction of sp³-hybridized carbons (Fsp3) is 0.133. The van der Waals surface area contributed by atoms with Crippen LogP contribution in [0.25, 0.3) is 6.08 Å². The largest absolute Gasteiger partial charge is 0.489 e. The van der Waals surface area contributed by atoms with E-state index in [1.807, 2.05) is 72.8 Å². The van der Waals surface area contributed by atoms with Gasteiger partial charge in [0.2, 0.25) is 5.91 Å². The molecule has 0 saturated carbocycles. The van der Waals surface area contributed by atoms with E-state index in [1.54, 1.807) is 30.3 Å². The third-order valence-electron chi connectivity index (χ3n) is 5.68. The van der Waals surface area contributed by atoms with Crippen LogP contribution in [0, 0.1) is 0 Å². The van der Waals surface area contributed by atoms with Crippen LogP contribution in [-0.2, 0) is 16.2 Å². The molecule has 1 heterocycles. The number of nitrogens with zero attached hydrogens (tertiary/aromatic N) is 1. The van der Waals surface area contributed by atoms with Crippen molar-refractivity contribution in [3.8, 4) is 5.75 Å². The molecular weight excluding hydrogens is 530 g/mol. The van der Waals surface area contributed by atoms with E-state index in [0.717, 1.165) is 11.1 Å². The molecule has 3 amide bonds. The summed E-state index contributed by atoms with van der Waals surface area (Å²) in [6.45, 7) is 0.744. The molecule has 198 valence electrons. The summed E-state index contributed by atoms with van der Waals surface area (Å²) in [6.07, 6.45) is 6.00. The van der Waals surface area contributed by atoms with Crippen molar-refractivity contribution >= 4 is 52.1 Å². The minimum atomic E-state index is -0.441. The lowest BCUT2D eigenvalue weighted by Crippen LogP contribution is -2.41. The number of allylic oxidation sites excluding steroid dienone is 2. The van der Waals surface area contributed by atoms with Gasteiger partial charge in [-0.2, -0.15) is 0 Å². The van der Waals surface area contributed by atoms with E-state index >= 15 is 0 Å². The van der Waals surface area contributed by atoms with Crippen LogP contribution in [0.4, 0.5) is 0 Å². The van der Waals surface area contributed by atoms with E-state index in [4.69, 9.17) is 17.0 Å². The summed E-state index contributed by atoms with van der Waals surface area (Å²) in [5.41, 5.74) is 7.28. The molecule has 2 N–H and O–H groups in total. The van der Waals surface area contributed by atoms with Crippen molar-refractivity contribution in [1.29, 1.82) is 0 Å². The summed E-state index contributed by atoms with van der Waals surface area (Å²) in [4.78, 5) is 39.3. The number of thiocarbonyl (C=S) groups is 1. The van der Waals surface area contributed by atoms with Crippen LogP contribution in [0.1, 0.15) is 34.3 Å². The van der Waals surface area contributed by atoms with Gasteiger partial charge in [-0.1, -0.05) is 96.8 Å². The minimum Gasteiger partial charge on any atom is -0.489 e. The molecule has 1 fully saturated rings. The Kier molecular flexibility index (Phi) is 10.0. The van der Waals surface area contributed by atoms with Gasteiger partial charge in [-0.15, -0.1) is 0 Å². The second-order valence-corrected chi connectivity index (χ2v) is 10.2. The summed E-state index contributed by atoms with van der Waals surface area (Å²) < 4.78 is 6.19. The second kappa shape index (κ2) is 14.1. The normalized spacial score (nSPS) is 14.2. The highest BCUT2D eigenvalue weighted by Gasteiger charge is 2.31. The zero-order valence-electron chi connectivity index (χ0n) is 21.0. The van der Waals surface area contributed by atoms with Crippen LogP contribution in [0.15, 0.2) is 102 Å². The number of carbonyl (C=O) groups is 3. The molecule has 1 aliphatic rings. The smallest absolute Gasteiger partial charge is 0.269 e. The van der Waals surface area contributed by atoms with Crippen LogP contribution in [0.5, 0.6) is 5.75 Å². The molecule has 9 heteroatoms. The van der Waals surface area contributed by atoms with Gasteiger partial charge in [0.1, 0.15) is 16.7 Å². The lowest BCUT2D eigenvalue weighted by Gasteiger charge is -2.14. The third-order valence-corrected chi connectivity index (χ3v) is 7.07. The highest BCUT2D eigenvalue weighted by Crippen LogP contribution is 2.31. The molecule has 0 atom stereocenters. The van der Waals surface area contributed by atoms with Crippen molar-refractivity contribution in [2.45, 2.75) is 19.4 Å². The van der Waals surface area contributed by atoms with Crippen molar-refractivity contribution in [3.05, 3.63) is 119 Å². The molecule has 0 unspecified atom stereocenters. The van der Waals surface area contributed by atoms with E-state index in [9.17, 15) is 14.4 Å². The first-order valence-electron chi connectivity index (χ1n) is 12.3. The Bertz CT molecular complexity index is 1370. The molecule has 0 aliphatic carbocycles. The van der Waals surface area contributed by atoms with Gasteiger partial charge in [0.15, 0.2) is 0 Å². The number of amides is 3. The van der Waals surface area contributed by atoms with E-state index in [-0.39, 0.29) is 18.2 Å². The molecule has 0 bridgehead atoms. The standard InChI is InChI=1S/C30H27N3O4S2/c34-27(31-32-28(35)24-16-18-25(19-17-24)37-21-23-11-5-2-6-12-23)15-8-20-33-29(36)26(39-30(33)38)14-7-13-22-9-3-1-4-10-22/h1-7,9-14,16-19H,8,15,20-21H2,(H,31,34)(H,32,35).